The molecular weight excluding hydrogens is 375 g/mol. The summed E-state index contributed by atoms with van der Waals surface area (Å²) in [5, 5.41) is 1.48. The van der Waals surface area contributed by atoms with Crippen molar-refractivity contribution in [2.45, 2.75) is 101 Å². The molecule has 0 bridgehead atoms. The quantitative estimate of drug-likeness (QED) is 0.146. The molecule has 0 fully saturated rings. The van der Waals surface area contributed by atoms with Crippen LogP contribution in [0.5, 0.6) is 0 Å². The van der Waals surface area contributed by atoms with Gasteiger partial charge in [-0.1, -0.05) is 145 Å². The van der Waals surface area contributed by atoms with Gasteiger partial charge in [-0.15, -0.1) is 0 Å². The highest BCUT2D eigenvalue weighted by Crippen LogP contribution is 2.28. The molecule has 0 aliphatic rings. The summed E-state index contributed by atoms with van der Waals surface area (Å²) in [5.74, 6) is 0. The van der Waals surface area contributed by atoms with Crippen LogP contribution < -0.4 is 5.30 Å². The van der Waals surface area contributed by atoms with Crippen LogP contribution in [-0.4, -0.2) is 4.57 Å². The van der Waals surface area contributed by atoms with E-state index in [-0.39, 0.29) is 0 Å². The molecule has 0 saturated carbocycles. The highest BCUT2D eigenvalue weighted by atomic mass is 79.9. The lowest BCUT2D eigenvalue weighted by molar-refractivity contribution is 0.538. The average Bonchev–Trinajstić information content (AvgIpc) is 2.60. The van der Waals surface area contributed by atoms with Crippen LogP contribution in [0.15, 0.2) is 30.3 Å². The standard InChI is InChI=1S/C22H38BrP/c1-2-3-4-5-6-7-8-9-10-11-12-13-17-20-22(23)24-21-18-15-14-16-19-21/h14-16,18-19,22,24H,2-13,17,20H2,1H3. The zero-order valence-corrected chi connectivity index (χ0v) is 18.3. The average molecular weight is 413 g/mol. The maximum absolute atomic E-state index is 3.86. The van der Waals surface area contributed by atoms with E-state index in [1.807, 2.05) is 0 Å². The molecule has 0 nitrogen and oxygen atoms in total. The first kappa shape index (κ1) is 22.2. The molecule has 1 aromatic rings. The molecule has 0 spiro atoms. The van der Waals surface area contributed by atoms with Gasteiger partial charge in [0.2, 0.25) is 0 Å². The highest BCUT2D eigenvalue weighted by Gasteiger charge is 2.04. The van der Waals surface area contributed by atoms with Gasteiger partial charge >= 0.3 is 0 Å². The summed E-state index contributed by atoms with van der Waals surface area (Å²) in [5.41, 5.74) is 0. The van der Waals surface area contributed by atoms with Crippen molar-refractivity contribution in [3.05, 3.63) is 30.3 Å². The zero-order chi connectivity index (χ0) is 17.3. The fraction of sp³-hybridized carbons (Fsp3) is 0.727. The zero-order valence-electron chi connectivity index (χ0n) is 15.7. The lowest BCUT2D eigenvalue weighted by atomic mass is 10.0. The Hall–Kier alpha value is 0.130. The Labute approximate surface area is 161 Å². The predicted octanol–water partition coefficient (Wildman–Crippen LogP) is 8.19. The van der Waals surface area contributed by atoms with Crippen molar-refractivity contribution in [3.63, 3.8) is 0 Å². The van der Waals surface area contributed by atoms with Crippen molar-refractivity contribution in [2.24, 2.45) is 0 Å². The summed E-state index contributed by atoms with van der Waals surface area (Å²) < 4.78 is 0.674. The molecule has 0 aliphatic heterocycles. The first-order valence-electron chi connectivity index (χ1n) is 10.3. The maximum Gasteiger partial charge on any atom is 0.0359 e. The van der Waals surface area contributed by atoms with Gasteiger partial charge in [0.25, 0.3) is 0 Å². The maximum atomic E-state index is 3.86. The van der Waals surface area contributed by atoms with Gasteiger partial charge in [0.15, 0.2) is 0 Å². The number of benzene rings is 1. The first-order valence-corrected chi connectivity index (χ1v) is 12.3. The normalized spacial score (nSPS) is 12.9. The van der Waals surface area contributed by atoms with E-state index in [2.05, 4.69) is 53.2 Å². The summed E-state index contributed by atoms with van der Waals surface area (Å²) in [6, 6.07) is 10.9. The summed E-state index contributed by atoms with van der Waals surface area (Å²) in [7, 11) is 0.906. The molecule has 0 N–H and O–H groups in total. The number of halogens is 1. The minimum Gasteiger partial charge on any atom is -0.0839 e. The van der Waals surface area contributed by atoms with Crippen molar-refractivity contribution in [2.75, 3.05) is 0 Å². The topological polar surface area (TPSA) is 0 Å². The van der Waals surface area contributed by atoms with Crippen molar-refractivity contribution >= 4 is 29.8 Å². The third-order valence-corrected chi connectivity index (χ3v) is 7.07. The summed E-state index contributed by atoms with van der Waals surface area (Å²) in [6.07, 6.45) is 20.0. The Morgan fingerprint density at radius 3 is 1.67 bits per heavy atom. The van der Waals surface area contributed by atoms with Crippen LogP contribution >= 0.6 is 24.5 Å². The van der Waals surface area contributed by atoms with E-state index >= 15 is 0 Å². The summed E-state index contributed by atoms with van der Waals surface area (Å²) >= 11 is 3.86. The number of rotatable bonds is 16. The smallest absolute Gasteiger partial charge is 0.0359 e. The van der Waals surface area contributed by atoms with E-state index in [0.717, 1.165) is 8.58 Å². The van der Waals surface area contributed by atoms with Gasteiger partial charge in [-0.2, -0.15) is 0 Å². The van der Waals surface area contributed by atoms with Crippen LogP contribution in [0.2, 0.25) is 0 Å². The monoisotopic (exact) mass is 412 g/mol. The molecule has 2 heteroatoms. The Morgan fingerprint density at radius 2 is 1.17 bits per heavy atom. The van der Waals surface area contributed by atoms with E-state index < -0.39 is 0 Å². The largest absolute Gasteiger partial charge is 0.0839 e. The van der Waals surface area contributed by atoms with Crippen molar-refractivity contribution in [1.29, 1.82) is 0 Å². The number of hydrogen-bond donors (Lipinski definition) is 0. The molecule has 0 radical (unpaired) electrons. The molecule has 1 rings (SSSR count). The molecule has 0 saturated heterocycles. The summed E-state index contributed by atoms with van der Waals surface area (Å²) in [6.45, 7) is 2.29. The van der Waals surface area contributed by atoms with E-state index in [1.165, 1.54) is 95.2 Å². The fourth-order valence-corrected chi connectivity index (χ4v) is 5.34. The van der Waals surface area contributed by atoms with Gasteiger partial charge in [0.05, 0.1) is 0 Å². The molecule has 0 heterocycles. The minimum absolute atomic E-state index is 0.674. The van der Waals surface area contributed by atoms with Gasteiger partial charge in [-0.25, -0.2) is 0 Å². The predicted molar refractivity (Wildman–Crippen MR) is 117 cm³/mol. The van der Waals surface area contributed by atoms with E-state index in [1.54, 1.807) is 0 Å². The van der Waals surface area contributed by atoms with Gasteiger partial charge < -0.3 is 0 Å². The SMILES string of the molecule is CCCCCCCCCCCCCCCC(Br)Pc1ccccc1. The second-order valence-electron chi connectivity index (χ2n) is 7.01. The molecule has 138 valence electrons. The molecule has 2 unspecified atom stereocenters. The van der Waals surface area contributed by atoms with Crippen LogP contribution in [0.25, 0.3) is 0 Å². The van der Waals surface area contributed by atoms with Gasteiger partial charge in [-0.3, -0.25) is 0 Å². The van der Waals surface area contributed by atoms with Gasteiger partial charge in [0.1, 0.15) is 0 Å². The lowest BCUT2D eigenvalue weighted by Crippen LogP contribution is -1.99. The third-order valence-electron chi connectivity index (χ3n) is 4.66. The number of alkyl halides is 1. The molecule has 24 heavy (non-hydrogen) atoms. The van der Waals surface area contributed by atoms with Crippen LogP contribution in [0.3, 0.4) is 0 Å². The molecule has 0 amide bonds. The molecular formula is C22H38BrP. The minimum atomic E-state index is 0.674. The van der Waals surface area contributed by atoms with Crippen molar-refractivity contribution in [3.8, 4) is 0 Å². The lowest BCUT2D eigenvalue weighted by Gasteiger charge is -2.10. The van der Waals surface area contributed by atoms with E-state index in [4.69, 9.17) is 0 Å². The van der Waals surface area contributed by atoms with E-state index in [9.17, 15) is 0 Å². The summed E-state index contributed by atoms with van der Waals surface area (Å²) in [4.78, 5) is 0. The van der Waals surface area contributed by atoms with Gasteiger partial charge in [-0.05, 0) is 11.7 Å². The second kappa shape index (κ2) is 16.6. The number of hydrogen-bond acceptors (Lipinski definition) is 0. The first-order chi connectivity index (χ1) is 11.8. The van der Waals surface area contributed by atoms with Crippen molar-refractivity contribution in [1.82, 2.24) is 0 Å². The fourth-order valence-electron chi connectivity index (χ4n) is 3.13. The molecule has 0 aliphatic carbocycles. The van der Waals surface area contributed by atoms with E-state index in [0.29, 0.717) is 4.57 Å². The van der Waals surface area contributed by atoms with Crippen LogP contribution in [0, 0.1) is 0 Å². The molecule has 0 aromatic heterocycles. The Morgan fingerprint density at radius 1 is 0.708 bits per heavy atom. The van der Waals surface area contributed by atoms with Crippen LogP contribution in [-0.2, 0) is 0 Å². The Balaban J connectivity index is 1.80. The molecule has 1 aromatic carbocycles. The number of unbranched alkanes of at least 4 members (excludes halogenated alkanes) is 12. The van der Waals surface area contributed by atoms with Crippen molar-refractivity contribution < 1.29 is 0 Å². The van der Waals surface area contributed by atoms with Crippen LogP contribution in [0.4, 0.5) is 0 Å². The van der Waals surface area contributed by atoms with Gasteiger partial charge in [0, 0.05) is 4.57 Å². The third kappa shape index (κ3) is 13.4. The Bertz CT molecular complexity index is 365. The highest BCUT2D eigenvalue weighted by molar-refractivity contribution is 9.10. The van der Waals surface area contributed by atoms with Crippen LogP contribution in [0.1, 0.15) is 96.8 Å². The second-order valence-corrected chi connectivity index (χ2v) is 10.5. The molecule has 2 atom stereocenters. The Kier molecular flexibility index (Phi) is 15.3.